The summed E-state index contributed by atoms with van der Waals surface area (Å²) >= 11 is 0. The molecule has 1 atom stereocenters. The van der Waals surface area contributed by atoms with Gasteiger partial charge in [-0.3, -0.25) is 4.79 Å². The van der Waals surface area contributed by atoms with Crippen LogP contribution in [0, 0.1) is 5.82 Å². The molecule has 1 aliphatic heterocycles. The van der Waals surface area contributed by atoms with Crippen LogP contribution in [-0.4, -0.2) is 30.4 Å². The van der Waals surface area contributed by atoms with Gasteiger partial charge in [0, 0.05) is 32.6 Å². The lowest BCUT2D eigenvalue weighted by Crippen LogP contribution is -2.47. The van der Waals surface area contributed by atoms with E-state index in [1.54, 1.807) is 19.1 Å². The number of rotatable bonds is 1. The second-order valence-electron chi connectivity index (χ2n) is 4.02. The molecule has 18 heavy (non-hydrogen) atoms. The SMILES string of the molecule is CC.CC(=O)N1CCNC(c2ccc(F)cc2)C1. The topological polar surface area (TPSA) is 32.3 Å². The molecule has 1 unspecified atom stereocenters. The maximum absolute atomic E-state index is 12.8. The van der Waals surface area contributed by atoms with Crippen LogP contribution >= 0.6 is 0 Å². The van der Waals surface area contributed by atoms with Crippen LogP contribution in [0.25, 0.3) is 0 Å². The zero-order chi connectivity index (χ0) is 13.5. The molecule has 0 aromatic heterocycles. The summed E-state index contributed by atoms with van der Waals surface area (Å²) in [5.41, 5.74) is 1.02. The fourth-order valence-corrected chi connectivity index (χ4v) is 1.95. The predicted octanol–water partition coefficient (Wildman–Crippen LogP) is 2.34. The lowest BCUT2D eigenvalue weighted by Gasteiger charge is -2.33. The Kier molecular flexibility index (Phi) is 5.78. The van der Waals surface area contributed by atoms with Crippen LogP contribution < -0.4 is 5.32 Å². The fourth-order valence-electron chi connectivity index (χ4n) is 1.95. The predicted molar refractivity (Wildman–Crippen MR) is 70.7 cm³/mol. The zero-order valence-electron chi connectivity index (χ0n) is 11.2. The first-order valence-corrected chi connectivity index (χ1v) is 6.41. The number of halogens is 1. The molecule has 0 radical (unpaired) electrons. The van der Waals surface area contributed by atoms with E-state index in [4.69, 9.17) is 0 Å². The molecule has 100 valence electrons. The van der Waals surface area contributed by atoms with Gasteiger partial charge in [-0.1, -0.05) is 26.0 Å². The van der Waals surface area contributed by atoms with E-state index in [-0.39, 0.29) is 17.8 Å². The van der Waals surface area contributed by atoms with Crippen molar-refractivity contribution in [3.8, 4) is 0 Å². The number of nitrogens with one attached hydrogen (secondary N) is 1. The van der Waals surface area contributed by atoms with Gasteiger partial charge in [-0.25, -0.2) is 4.39 Å². The molecular weight excluding hydrogens is 231 g/mol. The summed E-state index contributed by atoms with van der Waals surface area (Å²) < 4.78 is 12.8. The van der Waals surface area contributed by atoms with Crippen molar-refractivity contribution in [2.75, 3.05) is 19.6 Å². The first-order valence-electron chi connectivity index (χ1n) is 6.41. The van der Waals surface area contributed by atoms with Gasteiger partial charge >= 0.3 is 0 Å². The third-order valence-corrected chi connectivity index (χ3v) is 2.89. The van der Waals surface area contributed by atoms with Crippen molar-refractivity contribution in [2.24, 2.45) is 0 Å². The smallest absolute Gasteiger partial charge is 0.219 e. The molecule has 1 N–H and O–H groups in total. The molecule has 0 bridgehead atoms. The van der Waals surface area contributed by atoms with Gasteiger partial charge in [0.25, 0.3) is 0 Å². The van der Waals surface area contributed by atoms with Crippen LogP contribution in [0.4, 0.5) is 4.39 Å². The van der Waals surface area contributed by atoms with E-state index in [0.717, 1.165) is 18.7 Å². The highest BCUT2D eigenvalue weighted by Gasteiger charge is 2.21. The normalized spacial score (nSPS) is 18.9. The summed E-state index contributed by atoms with van der Waals surface area (Å²) in [5.74, 6) is -0.142. The molecule has 4 heteroatoms. The van der Waals surface area contributed by atoms with Gasteiger partial charge in [-0.15, -0.1) is 0 Å². The molecule has 1 fully saturated rings. The molecule has 0 spiro atoms. The van der Waals surface area contributed by atoms with Gasteiger partial charge < -0.3 is 10.2 Å². The van der Waals surface area contributed by atoms with Crippen molar-refractivity contribution in [3.05, 3.63) is 35.6 Å². The van der Waals surface area contributed by atoms with Gasteiger partial charge in [0.15, 0.2) is 0 Å². The monoisotopic (exact) mass is 252 g/mol. The van der Waals surface area contributed by atoms with Crippen LogP contribution in [0.15, 0.2) is 24.3 Å². The molecule has 0 aliphatic carbocycles. The molecular formula is C14H21FN2O. The van der Waals surface area contributed by atoms with Crippen LogP contribution in [0.2, 0.25) is 0 Å². The van der Waals surface area contributed by atoms with Crippen molar-refractivity contribution in [1.29, 1.82) is 0 Å². The van der Waals surface area contributed by atoms with Gasteiger partial charge in [0.1, 0.15) is 5.82 Å². The van der Waals surface area contributed by atoms with Crippen molar-refractivity contribution in [2.45, 2.75) is 26.8 Å². The van der Waals surface area contributed by atoms with E-state index in [9.17, 15) is 9.18 Å². The van der Waals surface area contributed by atoms with E-state index in [1.807, 2.05) is 18.7 Å². The summed E-state index contributed by atoms with van der Waals surface area (Å²) in [7, 11) is 0. The van der Waals surface area contributed by atoms with E-state index in [2.05, 4.69) is 5.32 Å². The Hall–Kier alpha value is -1.42. The minimum atomic E-state index is -0.233. The number of piperazine rings is 1. The minimum Gasteiger partial charge on any atom is -0.340 e. The number of hydrogen-bond acceptors (Lipinski definition) is 2. The number of amides is 1. The number of hydrogen-bond donors (Lipinski definition) is 1. The largest absolute Gasteiger partial charge is 0.340 e. The maximum atomic E-state index is 12.8. The second-order valence-corrected chi connectivity index (χ2v) is 4.02. The highest BCUT2D eigenvalue weighted by atomic mass is 19.1. The Morgan fingerprint density at radius 2 is 1.94 bits per heavy atom. The van der Waals surface area contributed by atoms with Gasteiger partial charge in [0.2, 0.25) is 5.91 Å². The van der Waals surface area contributed by atoms with Gasteiger partial charge in [-0.05, 0) is 17.7 Å². The van der Waals surface area contributed by atoms with Crippen LogP contribution in [0.1, 0.15) is 32.4 Å². The van der Waals surface area contributed by atoms with Crippen molar-refractivity contribution < 1.29 is 9.18 Å². The summed E-state index contributed by atoms with van der Waals surface area (Å²) in [6.45, 7) is 7.75. The molecule has 1 amide bonds. The van der Waals surface area contributed by atoms with Crippen molar-refractivity contribution >= 4 is 5.91 Å². The highest BCUT2D eigenvalue weighted by molar-refractivity contribution is 5.73. The number of carbonyl (C=O) groups excluding carboxylic acids is 1. The first-order chi connectivity index (χ1) is 8.66. The molecule has 2 rings (SSSR count). The lowest BCUT2D eigenvalue weighted by atomic mass is 10.0. The van der Waals surface area contributed by atoms with E-state index in [0.29, 0.717) is 6.54 Å². The third kappa shape index (κ3) is 3.81. The Labute approximate surface area is 108 Å². The Balaban J connectivity index is 0.000000771. The number of benzene rings is 1. The Bertz CT molecular complexity index is 378. The molecule has 3 nitrogen and oxygen atoms in total. The Morgan fingerprint density at radius 3 is 2.50 bits per heavy atom. The number of carbonyl (C=O) groups is 1. The lowest BCUT2D eigenvalue weighted by molar-refractivity contribution is -0.130. The third-order valence-electron chi connectivity index (χ3n) is 2.89. The average molecular weight is 252 g/mol. The average Bonchev–Trinajstić information content (AvgIpc) is 2.42. The first kappa shape index (κ1) is 14.6. The van der Waals surface area contributed by atoms with Gasteiger partial charge in [-0.2, -0.15) is 0 Å². The number of nitrogens with zero attached hydrogens (tertiary/aromatic N) is 1. The van der Waals surface area contributed by atoms with Crippen LogP contribution in [0.5, 0.6) is 0 Å². The molecule has 1 aromatic rings. The second kappa shape index (κ2) is 7.11. The summed E-state index contributed by atoms with van der Waals surface area (Å²) in [5, 5.41) is 3.32. The molecule has 1 heterocycles. The van der Waals surface area contributed by atoms with Crippen molar-refractivity contribution in [3.63, 3.8) is 0 Å². The van der Waals surface area contributed by atoms with Gasteiger partial charge in [0.05, 0.1) is 0 Å². The van der Waals surface area contributed by atoms with Crippen LogP contribution in [-0.2, 0) is 4.79 Å². The van der Waals surface area contributed by atoms with E-state index >= 15 is 0 Å². The Morgan fingerprint density at radius 1 is 1.33 bits per heavy atom. The molecule has 1 saturated heterocycles. The molecule has 0 saturated carbocycles. The summed E-state index contributed by atoms with van der Waals surface area (Å²) in [6.07, 6.45) is 0. The summed E-state index contributed by atoms with van der Waals surface area (Å²) in [4.78, 5) is 13.1. The molecule has 1 aliphatic rings. The maximum Gasteiger partial charge on any atom is 0.219 e. The van der Waals surface area contributed by atoms with Crippen molar-refractivity contribution in [1.82, 2.24) is 10.2 Å². The minimum absolute atomic E-state index is 0.0913. The zero-order valence-corrected chi connectivity index (χ0v) is 11.2. The van der Waals surface area contributed by atoms with E-state index in [1.165, 1.54) is 12.1 Å². The molecule has 1 aromatic carbocycles. The van der Waals surface area contributed by atoms with Crippen LogP contribution in [0.3, 0.4) is 0 Å². The highest BCUT2D eigenvalue weighted by Crippen LogP contribution is 2.17. The van der Waals surface area contributed by atoms with E-state index < -0.39 is 0 Å². The fraction of sp³-hybridized carbons (Fsp3) is 0.500. The quantitative estimate of drug-likeness (QED) is 0.832. The summed E-state index contributed by atoms with van der Waals surface area (Å²) in [6, 6.07) is 6.53. The standard InChI is InChI=1S/C12H15FN2O.C2H6/c1-9(16)15-7-6-14-12(8-15)10-2-4-11(13)5-3-10;1-2/h2-5,12,14H,6-8H2,1H3;1-2H3.